The molecule has 13 heteroatoms. The number of amides is 3. The Bertz CT molecular complexity index is 994. The first-order valence-corrected chi connectivity index (χ1v) is 12.1. The molecule has 0 radical (unpaired) electrons. The number of ether oxygens (including phenoxy) is 2. The van der Waals surface area contributed by atoms with Crippen LogP contribution in [0.1, 0.15) is 51.1 Å². The van der Waals surface area contributed by atoms with Crippen LogP contribution < -0.4 is 20.7 Å². The highest BCUT2D eigenvalue weighted by molar-refractivity contribution is 5.97. The third-order valence-electron chi connectivity index (χ3n) is 6.28. The van der Waals surface area contributed by atoms with Crippen molar-refractivity contribution in [2.75, 3.05) is 20.8 Å². The number of alkyl halides is 4. The van der Waals surface area contributed by atoms with E-state index in [4.69, 9.17) is 9.47 Å². The van der Waals surface area contributed by atoms with Crippen LogP contribution in [0.2, 0.25) is 0 Å². The Morgan fingerprint density at radius 1 is 0.947 bits per heavy atom. The van der Waals surface area contributed by atoms with E-state index in [0.717, 1.165) is 0 Å². The zero-order valence-corrected chi connectivity index (χ0v) is 21.6. The summed E-state index contributed by atoms with van der Waals surface area (Å²) in [5.41, 5.74) is -1.99. The molecule has 0 aromatic heterocycles. The molecule has 0 bridgehead atoms. The number of nitrogens with one attached hydrogen (secondary N) is 3. The molecule has 9 nitrogen and oxygen atoms in total. The molecule has 1 fully saturated rings. The van der Waals surface area contributed by atoms with Crippen molar-refractivity contribution >= 4 is 23.5 Å². The normalized spacial score (nSPS) is 17.3. The predicted octanol–water partition coefficient (Wildman–Crippen LogP) is 2.54. The number of halogens is 4. The molecule has 3 amide bonds. The van der Waals surface area contributed by atoms with Gasteiger partial charge < -0.3 is 25.4 Å². The minimum Gasteiger partial charge on any atom is -0.497 e. The van der Waals surface area contributed by atoms with Gasteiger partial charge in [-0.1, -0.05) is 26.0 Å². The first-order valence-electron chi connectivity index (χ1n) is 12.1. The lowest BCUT2D eigenvalue weighted by molar-refractivity contribution is -0.175. The first kappa shape index (κ1) is 31.0. The first-order chi connectivity index (χ1) is 17.7. The van der Waals surface area contributed by atoms with E-state index >= 15 is 0 Å². The van der Waals surface area contributed by atoms with Crippen molar-refractivity contribution in [1.82, 2.24) is 16.0 Å². The van der Waals surface area contributed by atoms with Crippen LogP contribution >= 0.6 is 0 Å². The number of ketones is 1. The quantitative estimate of drug-likeness (QED) is 0.346. The number of rotatable bonds is 12. The van der Waals surface area contributed by atoms with Crippen molar-refractivity contribution in [3.8, 4) is 5.75 Å². The zero-order valence-electron chi connectivity index (χ0n) is 21.6. The molecule has 1 aliphatic rings. The van der Waals surface area contributed by atoms with E-state index < -0.39 is 59.4 Å². The summed E-state index contributed by atoms with van der Waals surface area (Å²) in [6.45, 7) is 2.29. The molecule has 0 aliphatic heterocycles. The molecule has 3 atom stereocenters. The second-order valence-electron chi connectivity index (χ2n) is 9.46. The van der Waals surface area contributed by atoms with Gasteiger partial charge in [-0.15, -0.1) is 0 Å². The minimum atomic E-state index is -5.20. The summed E-state index contributed by atoms with van der Waals surface area (Å²) in [5.74, 6) is -5.70. The maximum Gasteiger partial charge on any atom is 0.452 e. The number of benzene rings is 1. The largest absolute Gasteiger partial charge is 0.497 e. The van der Waals surface area contributed by atoms with Crippen LogP contribution in [-0.4, -0.2) is 68.3 Å². The minimum absolute atomic E-state index is 0.000852. The molecule has 0 heterocycles. The van der Waals surface area contributed by atoms with Gasteiger partial charge in [0.1, 0.15) is 17.8 Å². The number of carbonyl (C=O) groups excluding carboxylic acids is 4. The van der Waals surface area contributed by atoms with E-state index in [1.807, 2.05) is 0 Å². The van der Waals surface area contributed by atoms with E-state index in [-0.39, 0.29) is 25.0 Å². The number of hydrogen-bond donors (Lipinski definition) is 3. The zero-order chi connectivity index (χ0) is 28.7. The molecule has 1 aromatic rings. The van der Waals surface area contributed by atoms with Crippen molar-refractivity contribution in [2.24, 2.45) is 5.92 Å². The molecule has 38 heavy (non-hydrogen) atoms. The van der Waals surface area contributed by atoms with Gasteiger partial charge in [-0.3, -0.25) is 19.2 Å². The average molecular weight is 548 g/mol. The van der Waals surface area contributed by atoms with E-state index in [2.05, 4.69) is 16.0 Å². The van der Waals surface area contributed by atoms with Gasteiger partial charge in [-0.2, -0.15) is 13.2 Å². The fourth-order valence-corrected chi connectivity index (χ4v) is 4.09. The summed E-state index contributed by atoms with van der Waals surface area (Å²) in [6.07, 6.45) is -4.17. The average Bonchev–Trinajstić information content (AvgIpc) is 3.32. The van der Waals surface area contributed by atoms with Crippen molar-refractivity contribution in [3.63, 3.8) is 0 Å². The Balaban J connectivity index is 2.33. The van der Waals surface area contributed by atoms with Gasteiger partial charge in [0.05, 0.1) is 19.8 Å². The number of methoxy groups -OCH3 is 2. The Morgan fingerprint density at radius 2 is 1.53 bits per heavy atom. The highest BCUT2D eigenvalue weighted by atomic mass is 19.4. The van der Waals surface area contributed by atoms with Crippen LogP contribution in [0.5, 0.6) is 5.75 Å². The lowest BCUT2D eigenvalue weighted by Gasteiger charge is -2.28. The van der Waals surface area contributed by atoms with Gasteiger partial charge in [0.15, 0.2) is 5.67 Å². The van der Waals surface area contributed by atoms with Gasteiger partial charge in [-0.05, 0) is 49.3 Å². The van der Waals surface area contributed by atoms with E-state index in [1.165, 1.54) is 52.3 Å². The van der Waals surface area contributed by atoms with Crippen LogP contribution in [-0.2, 0) is 23.9 Å². The molecular weight excluding hydrogens is 514 g/mol. The van der Waals surface area contributed by atoms with Crippen LogP contribution in [0.25, 0.3) is 0 Å². The van der Waals surface area contributed by atoms with Gasteiger partial charge >= 0.3 is 6.18 Å². The topological polar surface area (TPSA) is 123 Å². The highest BCUT2D eigenvalue weighted by Crippen LogP contribution is 2.33. The molecule has 2 rings (SSSR count). The molecule has 1 aromatic carbocycles. The van der Waals surface area contributed by atoms with Crippen molar-refractivity contribution in [2.45, 2.75) is 69.5 Å². The predicted molar refractivity (Wildman–Crippen MR) is 128 cm³/mol. The maximum absolute atomic E-state index is 14.9. The van der Waals surface area contributed by atoms with E-state index in [1.54, 1.807) is 0 Å². The fraction of sp³-hybridized carbons (Fsp3) is 0.600. The highest BCUT2D eigenvalue weighted by Gasteiger charge is 2.46. The van der Waals surface area contributed by atoms with Gasteiger partial charge in [-0.25, -0.2) is 4.39 Å². The van der Waals surface area contributed by atoms with Gasteiger partial charge in [0, 0.05) is 7.11 Å². The smallest absolute Gasteiger partial charge is 0.452 e. The summed E-state index contributed by atoms with van der Waals surface area (Å²) in [7, 11) is 2.65. The third-order valence-corrected chi connectivity index (χ3v) is 6.28. The summed E-state index contributed by atoms with van der Waals surface area (Å²) < 4.78 is 64.3. The summed E-state index contributed by atoms with van der Waals surface area (Å²) in [6, 6.07) is 0.831. The van der Waals surface area contributed by atoms with Crippen LogP contribution in [0.15, 0.2) is 24.3 Å². The molecular formula is C25H33F4N3O6. The number of carbonyl (C=O) groups is 4. The van der Waals surface area contributed by atoms with E-state index in [9.17, 15) is 36.7 Å². The van der Waals surface area contributed by atoms with E-state index in [0.29, 0.717) is 18.6 Å². The second kappa shape index (κ2) is 13.0. The number of hydrogen-bond acceptors (Lipinski definition) is 6. The van der Waals surface area contributed by atoms with Crippen molar-refractivity contribution in [3.05, 3.63) is 29.8 Å². The molecule has 0 saturated heterocycles. The fourth-order valence-electron chi connectivity index (χ4n) is 4.09. The maximum atomic E-state index is 14.9. The van der Waals surface area contributed by atoms with Gasteiger partial charge in [0.25, 0.3) is 11.7 Å². The van der Waals surface area contributed by atoms with Crippen molar-refractivity contribution < 1.29 is 46.2 Å². The monoisotopic (exact) mass is 547 g/mol. The Morgan fingerprint density at radius 3 is 2.00 bits per heavy atom. The summed E-state index contributed by atoms with van der Waals surface area (Å²) in [5, 5.41) is 6.77. The molecule has 1 saturated carbocycles. The lowest BCUT2D eigenvalue weighted by Crippen LogP contribution is -2.57. The Kier molecular flexibility index (Phi) is 10.6. The Hall–Kier alpha value is -3.22. The van der Waals surface area contributed by atoms with Crippen LogP contribution in [0.3, 0.4) is 0 Å². The van der Waals surface area contributed by atoms with Crippen LogP contribution in [0.4, 0.5) is 17.6 Å². The van der Waals surface area contributed by atoms with Crippen molar-refractivity contribution in [1.29, 1.82) is 0 Å². The van der Waals surface area contributed by atoms with Crippen LogP contribution in [0, 0.1) is 5.92 Å². The summed E-state index contributed by atoms with van der Waals surface area (Å²) in [4.78, 5) is 50.8. The third kappa shape index (κ3) is 7.89. The summed E-state index contributed by atoms with van der Waals surface area (Å²) >= 11 is 0. The Labute approximate surface area is 218 Å². The molecule has 0 spiro atoms. The lowest BCUT2D eigenvalue weighted by atomic mass is 9.97. The molecule has 3 unspecified atom stereocenters. The number of Topliss-reactive ketones (excluding diaryl/α,β-unsaturated/α-hetero) is 1. The molecule has 3 N–H and O–H groups in total. The SMILES string of the molecule is COCC(NC(=O)C1(F)CCCC1)C(=O)NC(C(=O)NC(C(=O)C(F)(F)F)C(C)C)c1ccc(OC)cc1. The van der Waals surface area contributed by atoms with Gasteiger partial charge in [0.2, 0.25) is 11.8 Å². The second-order valence-corrected chi connectivity index (χ2v) is 9.46. The standard InChI is InChI=1S/C25H33F4N3O6/c1-14(2)18(20(33)25(27,28)29)31-22(35)19(15-7-9-16(38-4)10-8-15)32-21(34)17(13-37-3)30-23(36)24(26)11-5-6-12-24/h7-10,14,17-19H,5-6,11-13H2,1-4H3,(H,30,36)(H,31,35)(H,32,34). The molecule has 1 aliphatic carbocycles. The molecule has 212 valence electrons.